The molecule has 0 aliphatic rings. The van der Waals surface area contributed by atoms with Crippen LogP contribution in [0.3, 0.4) is 0 Å². The number of pyridine rings is 1. The molecule has 7 nitrogen and oxygen atoms in total. The molecule has 0 aromatic carbocycles. The normalized spacial score (nSPS) is 11.6. The van der Waals surface area contributed by atoms with Crippen LogP contribution in [0.15, 0.2) is 24.4 Å². The quantitative estimate of drug-likeness (QED) is 0.624. The zero-order valence-electron chi connectivity index (χ0n) is 13.4. The van der Waals surface area contributed by atoms with Gasteiger partial charge in [0.25, 0.3) is 0 Å². The number of hydrogen-bond donors (Lipinski definition) is 1. The number of nitrogens with two attached hydrogens (primary N) is 1. The van der Waals surface area contributed by atoms with E-state index in [1.54, 1.807) is 16.0 Å². The number of halogens is 1. The van der Waals surface area contributed by atoms with Crippen molar-refractivity contribution in [3.63, 3.8) is 0 Å². The molecular weight excluding hydrogens is 309 g/mol. The third kappa shape index (κ3) is 2.10. The Morgan fingerprint density at radius 3 is 2.75 bits per heavy atom. The number of rotatable bonds is 3. The van der Waals surface area contributed by atoms with Gasteiger partial charge in [-0.05, 0) is 32.0 Å². The summed E-state index contributed by atoms with van der Waals surface area (Å²) in [6.07, 6.45) is 1.83. The van der Waals surface area contributed by atoms with E-state index in [-0.39, 0.29) is 6.54 Å². The van der Waals surface area contributed by atoms with E-state index in [0.717, 1.165) is 22.6 Å². The molecule has 24 heavy (non-hydrogen) atoms. The summed E-state index contributed by atoms with van der Waals surface area (Å²) >= 11 is 0. The maximum atomic E-state index is 12.8. The molecule has 0 amide bonds. The van der Waals surface area contributed by atoms with Crippen LogP contribution in [0.4, 0.5) is 10.2 Å². The summed E-state index contributed by atoms with van der Waals surface area (Å²) in [5.74, 6) is 1.74. The predicted molar refractivity (Wildman–Crippen MR) is 89.4 cm³/mol. The predicted octanol–water partition coefficient (Wildman–Crippen LogP) is 2.31. The Bertz CT molecular complexity index is 1060. The van der Waals surface area contributed by atoms with Crippen molar-refractivity contribution in [3.05, 3.63) is 36.0 Å². The lowest BCUT2D eigenvalue weighted by molar-refractivity contribution is 0.445. The highest BCUT2D eigenvalue weighted by Crippen LogP contribution is 2.28. The zero-order chi connectivity index (χ0) is 16.8. The van der Waals surface area contributed by atoms with Crippen molar-refractivity contribution < 1.29 is 4.39 Å². The van der Waals surface area contributed by atoms with Gasteiger partial charge in [-0.3, -0.25) is 0 Å². The molecule has 122 valence electrons. The van der Waals surface area contributed by atoms with Gasteiger partial charge in [0, 0.05) is 11.8 Å². The van der Waals surface area contributed by atoms with E-state index in [9.17, 15) is 4.39 Å². The molecule has 0 aliphatic heterocycles. The lowest BCUT2D eigenvalue weighted by atomic mass is 10.2. The van der Waals surface area contributed by atoms with Gasteiger partial charge in [-0.25, -0.2) is 23.9 Å². The van der Waals surface area contributed by atoms with Crippen molar-refractivity contribution >= 4 is 22.5 Å². The van der Waals surface area contributed by atoms with Crippen LogP contribution in [-0.2, 0) is 6.54 Å². The molecular formula is C16H16FN7. The average Bonchev–Trinajstić information content (AvgIpc) is 3.09. The number of nitrogens with zero attached hydrogens (tertiary/aromatic N) is 6. The zero-order valence-corrected chi connectivity index (χ0v) is 13.4. The number of aromatic nitrogens is 6. The summed E-state index contributed by atoms with van der Waals surface area (Å²) in [5, 5.41) is 4.33. The van der Waals surface area contributed by atoms with E-state index in [0.29, 0.717) is 22.8 Å². The van der Waals surface area contributed by atoms with E-state index in [1.165, 1.54) is 0 Å². The number of alkyl halides is 1. The fourth-order valence-electron chi connectivity index (χ4n) is 2.99. The van der Waals surface area contributed by atoms with Crippen molar-refractivity contribution in [2.45, 2.75) is 20.4 Å². The molecule has 0 aliphatic carbocycles. The molecule has 4 aromatic heterocycles. The minimum atomic E-state index is -0.465. The van der Waals surface area contributed by atoms with Gasteiger partial charge in [0.15, 0.2) is 11.5 Å². The number of imidazole rings is 1. The standard InChI is InChI=1S/C16H16FN7/c1-9-19-15(18)14-11(5-7-24(14)22-9)12-3-4-13-16(21-12)23(8-6-17)10(2)20-13/h3-5,7H,6,8H2,1-2H3,(H2,18,19,22). The van der Waals surface area contributed by atoms with Crippen LogP contribution in [0.25, 0.3) is 27.9 Å². The number of hydrogen-bond acceptors (Lipinski definition) is 5. The van der Waals surface area contributed by atoms with E-state index in [2.05, 4.69) is 20.1 Å². The van der Waals surface area contributed by atoms with Gasteiger partial charge in [-0.1, -0.05) is 0 Å². The number of fused-ring (bicyclic) bond motifs is 2. The van der Waals surface area contributed by atoms with Gasteiger partial charge >= 0.3 is 0 Å². The Morgan fingerprint density at radius 2 is 1.96 bits per heavy atom. The first-order valence-electron chi connectivity index (χ1n) is 7.60. The first kappa shape index (κ1) is 14.6. The molecule has 0 spiro atoms. The third-order valence-corrected chi connectivity index (χ3v) is 4.01. The maximum absolute atomic E-state index is 12.8. The molecule has 0 atom stereocenters. The van der Waals surface area contributed by atoms with Crippen LogP contribution in [0.1, 0.15) is 11.6 Å². The molecule has 8 heteroatoms. The van der Waals surface area contributed by atoms with Gasteiger partial charge in [-0.15, -0.1) is 0 Å². The highest BCUT2D eigenvalue weighted by molar-refractivity contribution is 5.88. The van der Waals surface area contributed by atoms with Crippen LogP contribution in [0.2, 0.25) is 0 Å². The molecule has 0 fully saturated rings. The molecule has 4 heterocycles. The summed E-state index contributed by atoms with van der Waals surface area (Å²) in [6, 6.07) is 5.66. The van der Waals surface area contributed by atoms with Crippen molar-refractivity contribution in [1.29, 1.82) is 0 Å². The fraction of sp³-hybridized carbons (Fsp3) is 0.250. The monoisotopic (exact) mass is 325 g/mol. The van der Waals surface area contributed by atoms with E-state index < -0.39 is 6.67 Å². The number of nitrogen functional groups attached to an aromatic ring is 1. The lowest BCUT2D eigenvalue weighted by Crippen LogP contribution is -2.04. The average molecular weight is 325 g/mol. The van der Waals surface area contributed by atoms with Crippen molar-refractivity contribution in [2.75, 3.05) is 12.4 Å². The van der Waals surface area contributed by atoms with Crippen molar-refractivity contribution in [2.24, 2.45) is 0 Å². The molecule has 0 radical (unpaired) electrons. The first-order valence-corrected chi connectivity index (χ1v) is 7.60. The van der Waals surface area contributed by atoms with Crippen LogP contribution in [-0.4, -0.2) is 35.8 Å². The number of anilines is 1. The lowest BCUT2D eigenvalue weighted by Gasteiger charge is -2.05. The van der Waals surface area contributed by atoms with Crippen LogP contribution in [0, 0.1) is 13.8 Å². The second kappa shape index (κ2) is 5.26. The van der Waals surface area contributed by atoms with Gasteiger partial charge in [0.1, 0.15) is 29.4 Å². The fourth-order valence-corrected chi connectivity index (χ4v) is 2.99. The van der Waals surface area contributed by atoms with Crippen LogP contribution < -0.4 is 5.73 Å². The van der Waals surface area contributed by atoms with Crippen molar-refractivity contribution in [1.82, 2.24) is 29.1 Å². The minimum Gasteiger partial charge on any atom is -0.382 e. The Hall–Kier alpha value is -3.03. The van der Waals surface area contributed by atoms with Gasteiger partial charge < -0.3 is 10.3 Å². The second-order valence-corrected chi connectivity index (χ2v) is 5.61. The highest BCUT2D eigenvalue weighted by atomic mass is 19.1. The molecule has 4 rings (SSSR count). The number of aryl methyl sites for hydroxylation is 3. The Balaban J connectivity index is 1.95. The summed E-state index contributed by atoms with van der Waals surface area (Å²) in [5.41, 5.74) is 9.74. The van der Waals surface area contributed by atoms with E-state index >= 15 is 0 Å². The summed E-state index contributed by atoms with van der Waals surface area (Å²) in [4.78, 5) is 13.3. The first-order chi connectivity index (χ1) is 11.6. The van der Waals surface area contributed by atoms with Crippen LogP contribution >= 0.6 is 0 Å². The van der Waals surface area contributed by atoms with Gasteiger partial charge in [0.05, 0.1) is 12.2 Å². The molecule has 4 aromatic rings. The Morgan fingerprint density at radius 1 is 1.12 bits per heavy atom. The SMILES string of the molecule is Cc1nc(N)c2c(-c3ccc4nc(C)n(CCF)c4n3)ccn2n1. The van der Waals surface area contributed by atoms with Crippen LogP contribution in [0.5, 0.6) is 0 Å². The van der Waals surface area contributed by atoms with Gasteiger partial charge in [0.2, 0.25) is 0 Å². The molecule has 0 bridgehead atoms. The molecule has 0 saturated carbocycles. The minimum absolute atomic E-state index is 0.236. The maximum Gasteiger partial charge on any atom is 0.160 e. The summed E-state index contributed by atoms with van der Waals surface area (Å²) in [7, 11) is 0. The third-order valence-electron chi connectivity index (χ3n) is 4.01. The molecule has 0 saturated heterocycles. The highest BCUT2D eigenvalue weighted by Gasteiger charge is 2.15. The summed E-state index contributed by atoms with van der Waals surface area (Å²) < 4.78 is 16.3. The van der Waals surface area contributed by atoms with Crippen molar-refractivity contribution in [3.8, 4) is 11.3 Å². The Labute approximate surface area is 137 Å². The largest absolute Gasteiger partial charge is 0.382 e. The summed E-state index contributed by atoms with van der Waals surface area (Å²) in [6.45, 7) is 3.41. The molecule has 2 N–H and O–H groups in total. The van der Waals surface area contributed by atoms with Gasteiger partial charge in [-0.2, -0.15) is 5.10 Å². The van der Waals surface area contributed by atoms with E-state index in [4.69, 9.17) is 5.73 Å². The molecule has 0 unspecified atom stereocenters. The smallest absolute Gasteiger partial charge is 0.160 e. The second-order valence-electron chi connectivity index (χ2n) is 5.61. The Kier molecular flexibility index (Phi) is 3.19. The van der Waals surface area contributed by atoms with E-state index in [1.807, 2.05) is 31.3 Å². The topological polar surface area (TPSA) is 86.9 Å².